The summed E-state index contributed by atoms with van der Waals surface area (Å²) in [5, 5.41) is 0.794. The summed E-state index contributed by atoms with van der Waals surface area (Å²) in [6, 6.07) is 5.34. The highest BCUT2D eigenvalue weighted by Gasteiger charge is 2.23. The normalized spacial score (nSPS) is 16.5. The molecule has 1 saturated heterocycles. The predicted molar refractivity (Wildman–Crippen MR) is 78.4 cm³/mol. The van der Waals surface area contributed by atoms with E-state index in [2.05, 4.69) is 4.98 Å². The highest BCUT2D eigenvalue weighted by atomic mass is 19.1. The molecule has 20 heavy (non-hydrogen) atoms. The molecule has 2 N–H and O–H groups in total. The van der Waals surface area contributed by atoms with Crippen molar-refractivity contribution in [2.75, 3.05) is 30.9 Å². The van der Waals surface area contributed by atoms with Crippen LogP contribution in [0.4, 0.5) is 15.8 Å². The molecule has 1 aliphatic rings. The van der Waals surface area contributed by atoms with E-state index in [0.717, 1.165) is 31.4 Å². The molecule has 2 aromatic rings. The third-order valence-electron chi connectivity index (χ3n) is 3.94. The fourth-order valence-electron chi connectivity index (χ4n) is 2.81. The van der Waals surface area contributed by atoms with Crippen LogP contribution in [0.2, 0.25) is 0 Å². The number of anilines is 2. The Labute approximate surface area is 117 Å². The maximum absolute atomic E-state index is 14.4. The van der Waals surface area contributed by atoms with Gasteiger partial charge < -0.3 is 15.4 Å². The molecule has 0 unspecified atom stereocenters. The van der Waals surface area contributed by atoms with E-state index in [1.165, 1.54) is 6.07 Å². The van der Waals surface area contributed by atoms with Crippen molar-refractivity contribution in [2.45, 2.75) is 18.9 Å². The zero-order valence-electron chi connectivity index (χ0n) is 11.5. The first-order valence-corrected chi connectivity index (χ1v) is 6.82. The smallest absolute Gasteiger partial charge is 0.150 e. The van der Waals surface area contributed by atoms with E-state index in [4.69, 9.17) is 10.5 Å². The lowest BCUT2D eigenvalue weighted by molar-refractivity contribution is 0.0854. The minimum Gasteiger partial charge on any atom is -0.398 e. The standard InChI is InChI=1S/C15H18FN3O/c1-19(10-4-7-20-8-5-10)15-12(16)9-13(17)11-3-2-6-18-14(11)15/h2-3,6,9-10H,4-5,7-8,17H2,1H3. The number of pyridine rings is 1. The summed E-state index contributed by atoms with van der Waals surface area (Å²) in [5.41, 5.74) is 7.47. The number of rotatable bonds is 2. The average Bonchev–Trinajstić information content (AvgIpc) is 2.48. The van der Waals surface area contributed by atoms with Crippen LogP contribution >= 0.6 is 0 Å². The number of hydrogen-bond donors (Lipinski definition) is 1. The van der Waals surface area contributed by atoms with Gasteiger partial charge in [-0.25, -0.2) is 4.39 Å². The fourth-order valence-corrected chi connectivity index (χ4v) is 2.81. The molecule has 4 nitrogen and oxygen atoms in total. The Balaban J connectivity index is 2.10. The van der Waals surface area contributed by atoms with E-state index in [0.29, 0.717) is 16.9 Å². The Morgan fingerprint density at radius 3 is 2.90 bits per heavy atom. The highest BCUT2D eigenvalue weighted by molar-refractivity contribution is 5.98. The molecule has 0 spiro atoms. The van der Waals surface area contributed by atoms with E-state index < -0.39 is 0 Å². The molecule has 0 saturated carbocycles. The zero-order chi connectivity index (χ0) is 14.1. The Hall–Kier alpha value is -1.88. The molecule has 5 heteroatoms. The second-order valence-electron chi connectivity index (χ2n) is 5.15. The third-order valence-corrected chi connectivity index (χ3v) is 3.94. The Morgan fingerprint density at radius 2 is 2.15 bits per heavy atom. The molecule has 0 bridgehead atoms. The Bertz CT molecular complexity index is 626. The molecule has 1 aromatic carbocycles. The van der Waals surface area contributed by atoms with Gasteiger partial charge in [0.25, 0.3) is 0 Å². The molecule has 1 fully saturated rings. The monoisotopic (exact) mass is 275 g/mol. The molecule has 0 amide bonds. The van der Waals surface area contributed by atoms with E-state index in [-0.39, 0.29) is 11.9 Å². The van der Waals surface area contributed by atoms with Crippen LogP contribution in [0.3, 0.4) is 0 Å². The summed E-state index contributed by atoms with van der Waals surface area (Å²) in [5.74, 6) is -0.317. The van der Waals surface area contributed by atoms with Crippen molar-refractivity contribution >= 4 is 22.3 Å². The van der Waals surface area contributed by atoms with Gasteiger partial charge in [0, 0.05) is 43.6 Å². The quantitative estimate of drug-likeness (QED) is 0.856. The fraction of sp³-hybridized carbons (Fsp3) is 0.400. The van der Waals surface area contributed by atoms with Crippen LogP contribution in [0.5, 0.6) is 0 Å². The zero-order valence-corrected chi connectivity index (χ0v) is 11.5. The van der Waals surface area contributed by atoms with Gasteiger partial charge in [-0.15, -0.1) is 0 Å². The van der Waals surface area contributed by atoms with Crippen LogP contribution in [-0.4, -0.2) is 31.3 Å². The summed E-state index contributed by atoms with van der Waals surface area (Å²) in [6.45, 7) is 1.44. The van der Waals surface area contributed by atoms with Gasteiger partial charge in [0.2, 0.25) is 0 Å². The number of aromatic nitrogens is 1. The number of nitrogens with zero attached hydrogens (tertiary/aromatic N) is 2. The minimum atomic E-state index is -0.317. The summed E-state index contributed by atoms with van der Waals surface area (Å²) in [4.78, 5) is 6.30. The second kappa shape index (κ2) is 5.25. The molecule has 106 valence electrons. The van der Waals surface area contributed by atoms with Crippen molar-refractivity contribution < 1.29 is 9.13 Å². The highest BCUT2D eigenvalue weighted by Crippen LogP contribution is 2.34. The van der Waals surface area contributed by atoms with Crippen LogP contribution in [0, 0.1) is 5.82 Å². The van der Waals surface area contributed by atoms with Crippen molar-refractivity contribution in [3.05, 3.63) is 30.2 Å². The van der Waals surface area contributed by atoms with Crippen molar-refractivity contribution in [2.24, 2.45) is 0 Å². The first kappa shape index (κ1) is 13.1. The topological polar surface area (TPSA) is 51.4 Å². The van der Waals surface area contributed by atoms with Gasteiger partial charge in [0.15, 0.2) is 5.82 Å². The van der Waals surface area contributed by atoms with Gasteiger partial charge in [-0.05, 0) is 31.0 Å². The van der Waals surface area contributed by atoms with E-state index in [9.17, 15) is 4.39 Å². The van der Waals surface area contributed by atoms with E-state index in [1.54, 1.807) is 6.20 Å². The lowest BCUT2D eigenvalue weighted by Crippen LogP contribution is -2.37. The number of ether oxygens (including phenoxy) is 1. The summed E-state index contributed by atoms with van der Waals surface area (Å²) >= 11 is 0. The molecule has 3 rings (SSSR count). The number of fused-ring (bicyclic) bond motifs is 1. The maximum Gasteiger partial charge on any atom is 0.150 e. The SMILES string of the molecule is CN(c1c(F)cc(N)c2cccnc12)C1CCOCC1. The summed E-state index contributed by atoms with van der Waals surface area (Å²) in [7, 11) is 1.92. The van der Waals surface area contributed by atoms with Gasteiger partial charge in [-0.1, -0.05) is 0 Å². The Kier molecular flexibility index (Phi) is 3.44. The number of nitrogens with two attached hydrogens (primary N) is 1. The molecule has 1 aliphatic heterocycles. The second-order valence-corrected chi connectivity index (χ2v) is 5.15. The van der Waals surface area contributed by atoms with Crippen LogP contribution in [0.1, 0.15) is 12.8 Å². The molecule has 1 aromatic heterocycles. The first-order valence-electron chi connectivity index (χ1n) is 6.82. The molecule has 2 heterocycles. The number of benzene rings is 1. The van der Waals surface area contributed by atoms with Crippen molar-refractivity contribution in [3.8, 4) is 0 Å². The van der Waals surface area contributed by atoms with Crippen LogP contribution < -0.4 is 10.6 Å². The van der Waals surface area contributed by atoms with Gasteiger partial charge in [0.1, 0.15) is 0 Å². The Morgan fingerprint density at radius 1 is 1.40 bits per heavy atom. The predicted octanol–water partition coefficient (Wildman–Crippen LogP) is 2.57. The van der Waals surface area contributed by atoms with Crippen LogP contribution in [-0.2, 0) is 4.74 Å². The van der Waals surface area contributed by atoms with Crippen molar-refractivity contribution in [1.29, 1.82) is 0 Å². The molecule has 0 radical (unpaired) electrons. The van der Waals surface area contributed by atoms with Gasteiger partial charge in [-0.3, -0.25) is 4.98 Å². The van der Waals surface area contributed by atoms with E-state index >= 15 is 0 Å². The first-order chi connectivity index (χ1) is 9.68. The average molecular weight is 275 g/mol. The number of nitrogen functional groups attached to an aromatic ring is 1. The lowest BCUT2D eigenvalue weighted by Gasteiger charge is -2.33. The van der Waals surface area contributed by atoms with Crippen LogP contribution in [0.25, 0.3) is 10.9 Å². The minimum absolute atomic E-state index is 0.270. The van der Waals surface area contributed by atoms with Gasteiger partial charge in [-0.2, -0.15) is 0 Å². The molecular weight excluding hydrogens is 257 g/mol. The van der Waals surface area contributed by atoms with Gasteiger partial charge in [0.05, 0.1) is 11.2 Å². The van der Waals surface area contributed by atoms with Gasteiger partial charge >= 0.3 is 0 Å². The third kappa shape index (κ3) is 2.18. The number of halogens is 1. The van der Waals surface area contributed by atoms with E-state index in [1.807, 2.05) is 24.1 Å². The van der Waals surface area contributed by atoms with Crippen LogP contribution in [0.15, 0.2) is 24.4 Å². The number of hydrogen-bond acceptors (Lipinski definition) is 4. The molecule has 0 atom stereocenters. The maximum atomic E-state index is 14.4. The molecule has 0 aliphatic carbocycles. The lowest BCUT2D eigenvalue weighted by atomic mass is 10.0. The van der Waals surface area contributed by atoms with Crippen molar-refractivity contribution in [3.63, 3.8) is 0 Å². The van der Waals surface area contributed by atoms with Crippen molar-refractivity contribution in [1.82, 2.24) is 4.98 Å². The largest absolute Gasteiger partial charge is 0.398 e. The molecular formula is C15H18FN3O. The summed E-state index contributed by atoms with van der Waals surface area (Å²) < 4.78 is 19.8. The summed E-state index contributed by atoms with van der Waals surface area (Å²) in [6.07, 6.45) is 3.46.